The van der Waals surface area contributed by atoms with Crippen molar-refractivity contribution in [1.29, 1.82) is 5.26 Å². The summed E-state index contributed by atoms with van der Waals surface area (Å²) in [4.78, 5) is 17.5. The molecule has 1 aromatic carbocycles. The van der Waals surface area contributed by atoms with Gasteiger partial charge in [0.25, 0.3) is 12.3 Å². The first-order chi connectivity index (χ1) is 16.9. The van der Waals surface area contributed by atoms with Crippen molar-refractivity contribution in [1.82, 2.24) is 10.4 Å². The number of nitriles is 1. The van der Waals surface area contributed by atoms with Gasteiger partial charge in [-0.15, -0.1) is 23.1 Å². The summed E-state index contributed by atoms with van der Waals surface area (Å²) in [6, 6.07) is 10.5. The van der Waals surface area contributed by atoms with Crippen LogP contribution in [0.2, 0.25) is 0 Å². The molecule has 3 rings (SSSR count). The smallest absolute Gasteiger partial charge is 0.280 e. The van der Waals surface area contributed by atoms with E-state index in [2.05, 4.69) is 22.4 Å². The molecule has 0 bridgehead atoms. The standard InChI is InChI=1S/C25H24F2N4O2S2/c1-4-5-19-10-18(14-34-19)24(32)31-29-12-16-6-7-22(33-3)17(9-16)13-35-25-20(11-28)15(2)8-21(30-25)23(26)27/h6-10,12,14,23H,4-5,13H2,1-3H3,(H,31,32). The van der Waals surface area contributed by atoms with Crippen LogP contribution in [-0.4, -0.2) is 24.2 Å². The lowest BCUT2D eigenvalue weighted by Gasteiger charge is -2.11. The maximum absolute atomic E-state index is 13.2. The molecule has 1 amide bonds. The summed E-state index contributed by atoms with van der Waals surface area (Å²) in [6.07, 6.45) is 0.747. The lowest BCUT2D eigenvalue weighted by molar-refractivity contribution is 0.0955. The number of hydrogen-bond acceptors (Lipinski definition) is 7. The molecule has 0 atom stereocenters. The number of thioether (sulfide) groups is 1. The molecule has 0 aliphatic carbocycles. The van der Waals surface area contributed by atoms with Crippen molar-refractivity contribution in [3.63, 3.8) is 0 Å². The van der Waals surface area contributed by atoms with Crippen molar-refractivity contribution in [3.8, 4) is 11.8 Å². The summed E-state index contributed by atoms with van der Waals surface area (Å²) in [5, 5.41) is 15.6. The molecule has 6 nitrogen and oxygen atoms in total. The van der Waals surface area contributed by atoms with Crippen LogP contribution < -0.4 is 10.2 Å². The summed E-state index contributed by atoms with van der Waals surface area (Å²) >= 11 is 2.73. The lowest BCUT2D eigenvalue weighted by atomic mass is 10.1. The molecule has 182 valence electrons. The van der Waals surface area contributed by atoms with Crippen molar-refractivity contribution in [2.75, 3.05) is 7.11 Å². The number of halogens is 2. The minimum atomic E-state index is -2.72. The SMILES string of the molecule is CCCc1cc(C(=O)NN=Cc2ccc(OC)c(CSc3nc(C(F)F)cc(C)c3C#N)c2)cs1. The van der Waals surface area contributed by atoms with Crippen molar-refractivity contribution in [2.45, 2.75) is 43.9 Å². The molecule has 0 fully saturated rings. The first-order valence-electron chi connectivity index (χ1n) is 10.8. The van der Waals surface area contributed by atoms with Crippen LogP contribution in [0, 0.1) is 18.3 Å². The van der Waals surface area contributed by atoms with Gasteiger partial charge in [-0.3, -0.25) is 4.79 Å². The van der Waals surface area contributed by atoms with Gasteiger partial charge < -0.3 is 4.74 Å². The zero-order chi connectivity index (χ0) is 25.4. The summed E-state index contributed by atoms with van der Waals surface area (Å²) in [6.45, 7) is 3.70. The van der Waals surface area contributed by atoms with Crippen LogP contribution in [0.5, 0.6) is 5.75 Å². The fourth-order valence-electron chi connectivity index (χ4n) is 3.27. The Kier molecular flexibility index (Phi) is 9.34. The van der Waals surface area contributed by atoms with Gasteiger partial charge >= 0.3 is 0 Å². The average Bonchev–Trinajstić information content (AvgIpc) is 3.31. The number of hydrogen-bond donors (Lipinski definition) is 1. The Hall–Kier alpha value is -3.29. The molecule has 0 aliphatic rings. The van der Waals surface area contributed by atoms with E-state index < -0.39 is 6.43 Å². The van der Waals surface area contributed by atoms with Crippen LogP contribution in [-0.2, 0) is 12.2 Å². The summed E-state index contributed by atoms with van der Waals surface area (Å²) in [7, 11) is 1.53. The molecule has 0 unspecified atom stereocenters. The number of carbonyl (C=O) groups excluding carboxylic acids is 1. The molecule has 0 saturated heterocycles. The Morgan fingerprint density at radius 2 is 2.17 bits per heavy atom. The van der Waals surface area contributed by atoms with Crippen LogP contribution in [0.1, 0.15) is 63.0 Å². The summed E-state index contributed by atoms with van der Waals surface area (Å²) < 4.78 is 31.8. The van der Waals surface area contributed by atoms with Gasteiger partial charge in [0.15, 0.2) is 0 Å². The normalized spacial score (nSPS) is 11.1. The highest BCUT2D eigenvalue weighted by molar-refractivity contribution is 7.98. The largest absolute Gasteiger partial charge is 0.496 e. The molecular weight excluding hydrogens is 490 g/mol. The number of aromatic nitrogens is 1. The topological polar surface area (TPSA) is 87.4 Å². The zero-order valence-corrected chi connectivity index (χ0v) is 21.1. The highest BCUT2D eigenvalue weighted by Crippen LogP contribution is 2.32. The van der Waals surface area contributed by atoms with E-state index >= 15 is 0 Å². The van der Waals surface area contributed by atoms with E-state index in [9.17, 15) is 18.8 Å². The lowest BCUT2D eigenvalue weighted by Crippen LogP contribution is -2.16. The third kappa shape index (κ3) is 6.87. The van der Waals surface area contributed by atoms with E-state index in [-0.39, 0.29) is 22.2 Å². The number of alkyl halides is 2. The van der Waals surface area contributed by atoms with Crippen molar-refractivity contribution in [3.05, 3.63) is 74.1 Å². The number of rotatable bonds is 10. The Bertz CT molecular complexity index is 1270. The number of amides is 1. The molecule has 1 N–H and O–H groups in total. The number of hydrazone groups is 1. The Balaban J connectivity index is 1.73. The first kappa shape index (κ1) is 26.3. The fourth-order valence-corrected chi connectivity index (χ4v) is 5.27. The van der Waals surface area contributed by atoms with Crippen LogP contribution in [0.25, 0.3) is 0 Å². The van der Waals surface area contributed by atoms with E-state index in [1.54, 1.807) is 30.4 Å². The predicted octanol–water partition coefficient (Wildman–Crippen LogP) is 6.28. The quantitative estimate of drug-likeness (QED) is 0.196. The van der Waals surface area contributed by atoms with E-state index in [1.807, 2.05) is 23.6 Å². The third-order valence-corrected chi connectivity index (χ3v) is 7.02. The molecule has 0 radical (unpaired) electrons. The van der Waals surface area contributed by atoms with Crippen LogP contribution >= 0.6 is 23.1 Å². The molecule has 0 spiro atoms. The minimum Gasteiger partial charge on any atom is -0.496 e. The number of carbonyl (C=O) groups is 1. The number of ether oxygens (including phenoxy) is 1. The van der Waals surface area contributed by atoms with Crippen LogP contribution in [0.15, 0.2) is 45.8 Å². The second kappa shape index (κ2) is 12.4. The van der Waals surface area contributed by atoms with Gasteiger partial charge in [-0.25, -0.2) is 19.2 Å². The van der Waals surface area contributed by atoms with Gasteiger partial charge in [-0.1, -0.05) is 13.3 Å². The van der Waals surface area contributed by atoms with Gasteiger partial charge in [-0.05, 0) is 54.8 Å². The fraction of sp³-hybridized carbons (Fsp3) is 0.280. The Morgan fingerprint density at radius 1 is 1.37 bits per heavy atom. The molecular formula is C25H24F2N4O2S2. The van der Waals surface area contributed by atoms with E-state index in [0.717, 1.165) is 23.3 Å². The predicted molar refractivity (Wildman–Crippen MR) is 135 cm³/mol. The van der Waals surface area contributed by atoms with E-state index in [0.29, 0.717) is 28.2 Å². The maximum atomic E-state index is 13.2. The summed E-state index contributed by atoms with van der Waals surface area (Å²) in [5.74, 6) is 0.648. The van der Waals surface area contributed by atoms with Crippen LogP contribution in [0.4, 0.5) is 8.78 Å². The average molecular weight is 515 g/mol. The second-order valence-corrected chi connectivity index (χ2v) is 9.53. The van der Waals surface area contributed by atoms with Gasteiger partial charge in [0.1, 0.15) is 22.5 Å². The van der Waals surface area contributed by atoms with Crippen LogP contribution in [0.3, 0.4) is 0 Å². The first-order valence-corrected chi connectivity index (χ1v) is 12.6. The van der Waals surface area contributed by atoms with Crippen molar-refractivity contribution in [2.24, 2.45) is 5.10 Å². The third-order valence-electron chi connectivity index (χ3n) is 5.00. The van der Waals surface area contributed by atoms with Gasteiger partial charge in [0.2, 0.25) is 0 Å². The van der Waals surface area contributed by atoms with Gasteiger partial charge in [-0.2, -0.15) is 10.4 Å². The van der Waals surface area contributed by atoms with Crippen molar-refractivity contribution < 1.29 is 18.3 Å². The number of benzene rings is 1. The number of methoxy groups -OCH3 is 1. The molecule has 35 heavy (non-hydrogen) atoms. The number of nitrogens with zero attached hydrogens (tertiary/aromatic N) is 3. The molecule has 3 aromatic rings. The second-order valence-electron chi connectivity index (χ2n) is 7.57. The molecule has 2 heterocycles. The Morgan fingerprint density at radius 3 is 2.86 bits per heavy atom. The van der Waals surface area contributed by atoms with E-state index in [1.165, 1.54) is 31.2 Å². The number of thiophene rings is 1. The molecule has 2 aromatic heterocycles. The van der Waals surface area contributed by atoms with Crippen molar-refractivity contribution >= 4 is 35.2 Å². The number of nitrogens with one attached hydrogen (secondary N) is 1. The number of aryl methyl sites for hydroxylation is 2. The Labute approximate surface area is 211 Å². The summed E-state index contributed by atoms with van der Waals surface area (Å²) in [5.41, 5.74) is 4.95. The molecule has 0 saturated carbocycles. The van der Waals surface area contributed by atoms with Gasteiger partial charge in [0, 0.05) is 21.6 Å². The zero-order valence-electron chi connectivity index (χ0n) is 19.5. The highest BCUT2D eigenvalue weighted by atomic mass is 32.2. The van der Waals surface area contributed by atoms with Gasteiger partial charge in [0.05, 0.1) is 24.5 Å². The van der Waals surface area contributed by atoms with E-state index in [4.69, 9.17) is 4.74 Å². The maximum Gasteiger partial charge on any atom is 0.280 e. The molecule has 10 heteroatoms. The monoisotopic (exact) mass is 514 g/mol. The highest BCUT2D eigenvalue weighted by Gasteiger charge is 2.17. The molecule has 0 aliphatic heterocycles. The minimum absolute atomic E-state index is 0.245. The number of pyridine rings is 1.